The molecule has 0 bridgehead atoms. The van der Waals surface area contributed by atoms with Gasteiger partial charge in [0.15, 0.2) is 0 Å². The second-order valence-electron chi connectivity index (χ2n) is 6.56. The molecule has 1 amide bonds. The number of carbonyl (C=O) groups excluding carboxylic acids is 1. The Morgan fingerprint density at radius 3 is 2.69 bits per heavy atom. The van der Waals surface area contributed by atoms with Gasteiger partial charge in [0.25, 0.3) is 5.91 Å². The lowest BCUT2D eigenvalue weighted by Gasteiger charge is -2.32. The van der Waals surface area contributed by atoms with Crippen molar-refractivity contribution < 1.29 is 13.2 Å². The van der Waals surface area contributed by atoms with Crippen molar-refractivity contribution in [3.05, 3.63) is 65.5 Å². The first kappa shape index (κ1) is 18.5. The molecule has 0 spiro atoms. The predicted octanol–water partition coefficient (Wildman–Crippen LogP) is 2.11. The van der Waals surface area contributed by atoms with E-state index in [1.165, 1.54) is 0 Å². The summed E-state index contributed by atoms with van der Waals surface area (Å²) >= 11 is 0. The third-order valence-electron chi connectivity index (χ3n) is 4.58. The van der Waals surface area contributed by atoms with Crippen molar-refractivity contribution in [2.45, 2.75) is 31.6 Å². The van der Waals surface area contributed by atoms with Gasteiger partial charge in [0, 0.05) is 37.1 Å². The predicted molar refractivity (Wildman–Crippen MR) is 100 cm³/mol. The summed E-state index contributed by atoms with van der Waals surface area (Å²) in [4.78, 5) is 18.4. The Morgan fingerprint density at radius 2 is 2.00 bits per heavy atom. The summed E-state index contributed by atoms with van der Waals surface area (Å²) in [5.41, 5.74) is 2.29. The Hall–Kier alpha value is -2.25. The number of nitrogens with one attached hydrogen (secondary N) is 1. The fourth-order valence-electron chi connectivity index (χ4n) is 3.04. The molecule has 2 aromatic rings. The zero-order valence-electron chi connectivity index (χ0n) is 14.8. The molecule has 1 saturated heterocycles. The molecule has 1 aromatic heterocycles. The summed E-state index contributed by atoms with van der Waals surface area (Å²) < 4.78 is 28.0. The van der Waals surface area contributed by atoms with E-state index in [0.717, 1.165) is 11.3 Å². The number of likely N-dealkylation sites (tertiary alicyclic amines) is 1. The van der Waals surface area contributed by atoms with Gasteiger partial charge in [-0.25, -0.2) is 13.1 Å². The molecule has 1 aromatic carbocycles. The smallest absolute Gasteiger partial charge is 0.253 e. The van der Waals surface area contributed by atoms with Crippen LogP contribution in [-0.4, -0.2) is 42.5 Å². The molecule has 138 valence electrons. The van der Waals surface area contributed by atoms with E-state index in [1.807, 2.05) is 37.3 Å². The number of nitrogens with zero attached hydrogens (tertiary/aromatic N) is 2. The highest BCUT2D eigenvalue weighted by molar-refractivity contribution is 7.90. The first-order valence-corrected chi connectivity index (χ1v) is 10.2. The van der Waals surface area contributed by atoms with Crippen LogP contribution in [0.3, 0.4) is 0 Å². The summed E-state index contributed by atoms with van der Waals surface area (Å²) in [5.74, 6) is -0.117. The Labute approximate surface area is 154 Å². The number of sulfonamides is 1. The highest BCUT2D eigenvalue weighted by atomic mass is 32.2. The first-order valence-electron chi connectivity index (χ1n) is 8.70. The van der Waals surface area contributed by atoms with Gasteiger partial charge in [-0.3, -0.25) is 9.78 Å². The average molecular weight is 373 g/mol. The van der Waals surface area contributed by atoms with E-state index in [0.29, 0.717) is 24.9 Å². The maximum absolute atomic E-state index is 12.7. The Morgan fingerprint density at radius 1 is 1.23 bits per heavy atom. The van der Waals surface area contributed by atoms with E-state index in [4.69, 9.17) is 0 Å². The number of aryl methyl sites for hydroxylation is 1. The summed E-state index contributed by atoms with van der Waals surface area (Å²) in [6, 6.07) is 12.7. The Kier molecular flexibility index (Phi) is 5.68. The molecule has 3 rings (SSSR count). The van der Waals surface area contributed by atoms with E-state index < -0.39 is 15.3 Å². The topological polar surface area (TPSA) is 79.4 Å². The lowest BCUT2D eigenvalue weighted by atomic mass is 10.1. The normalized spacial score (nSPS) is 17.9. The van der Waals surface area contributed by atoms with Crippen molar-refractivity contribution in [2.75, 3.05) is 13.1 Å². The second kappa shape index (κ2) is 7.97. The van der Waals surface area contributed by atoms with Gasteiger partial charge < -0.3 is 4.90 Å². The zero-order valence-corrected chi connectivity index (χ0v) is 15.6. The van der Waals surface area contributed by atoms with Crippen molar-refractivity contribution in [3.8, 4) is 0 Å². The minimum Gasteiger partial charge on any atom is -0.337 e. The van der Waals surface area contributed by atoms with Crippen LogP contribution in [0.25, 0.3) is 0 Å². The molecule has 0 saturated carbocycles. The molecule has 1 aliphatic rings. The maximum Gasteiger partial charge on any atom is 0.253 e. The van der Waals surface area contributed by atoms with Crippen LogP contribution in [0, 0.1) is 6.92 Å². The molecule has 1 fully saturated rings. The monoisotopic (exact) mass is 373 g/mol. The zero-order chi connectivity index (χ0) is 18.6. The Balaban J connectivity index is 1.64. The van der Waals surface area contributed by atoms with Gasteiger partial charge in [-0.05, 0) is 43.5 Å². The number of carbonyl (C=O) groups is 1. The van der Waals surface area contributed by atoms with Crippen LogP contribution in [0.15, 0.2) is 48.7 Å². The van der Waals surface area contributed by atoms with Gasteiger partial charge in [0.2, 0.25) is 10.0 Å². The van der Waals surface area contributed by atoms with E-state index in [9.17, 15) is 13.2 Å². The summed E-state index contributed by atoms with van der Waals surface area (Å²) in [7, 11) is -3.51. The van der Waals surface area contributed by atoms with E-state index in [2.05, 4.69) is 9.71 Å². The molecule has 0 radical (unpaired) electrons. The third-order valence-corrected chi connectivity index (χ3v) is 6.38. The number of piperidine rings is 1. The lowest BCUT2D eigenvalue weighted by molar-refractivity contribution is 0.0726. The molecule has 6 nitrogen and oxygen atoms in total. The number of hydrogen-bond donors (Lipinski definition) is 1. The van der Waals surface area contributed by atoms with Crippen LogP contribution in [-0.2, 0) is 16.6 Å². The molecular formula is C19H23N3O3S. The number of amides is 1. The van der Waals surface area contributed by atoms with Crippen molar-refractivity contribution >= 4 is 15.9 Å². The van der Waals surface area contributed by atoms with Crippen LogP contribution < -0.4 is 4.72 Å². The minimum absolute atomic E-state index is 0.117. The maximum atomic E-state index is 12.7. The fourth-order valence-corrected chi connectivity index (χ4v) is 4.50. The molecule has 1 aliphatic heterocycles. The van der Waals surface area contributed by atoms with Crippen molar-refractivity contribution in [3.63, 3.8) is 0 Å². The van der Waals surface area contributed by atoms with E-state index >= 15 is 0 Å². The van der Waals surface area contributed by atoms with Gasteiger partial charge in [-0.2, -0.15) is 0 Å². The van der Waals surface area contributed by atoms with Gasteiger partial charge in [0.05, 0.1) is 5.25 Å². The largest absolute Gasteiger partial charge is 0.337 e. The highest BCUT2D eigenvalue weighted by Crippen LogP contribution is 2.19. The van der Waals surface area contributed by atoms with E-state index in [1.54, 1.807) is 23.2 Å². The number of benzene rings is 1. The molecule has 2 heterocycles. The molecule has 1 atom stereocenters. The number of pyridine rings is 1. The van der Waals surface area contributed by atoms with Gasteiger partial charge >= 0.3 is 0 Å². The number of aromatic nitrogens is 1. The number of hydrogen-bond acceptors (Lipinski definition) is 4. The van der Waals surface area contributed by atoms with Gasteiger partial charge in [0.1, 0.15) is 0 Å². The molecular weight excluding hydrogens is 350 g/mol. The minimum atomic E-state index is -3.51. The van der Waals surface area contributed by atoms with Gasteiger partial charge in [-0.1, -0.05) is 24.3 Å². The third kappa shape index (κ3) is 4.47. The van der Waals surface area contributed by atoms with Gasteiger partial charge in [-0.15, -0.1) is 0 Å². The fraction of sp³-hybridized carbons (Fsp3) is 0.368. The molecule has 26 heavy (non-hydrogen) atoms. The summed E-state index contributed by atoms with van der Waals surface area (Å²) in [5, 5.41) is -0.595. The van der Waals surface area contributed by atoms with Crippen LogP contribution in [0.4, 0.5) is 0 Å². The highest BCUT2D eigenvalue weighted by Gasteiger charge is 2.32. The van der Waals surface area contributed by atoms with E-state index in [-0.39, 0.29) is 19.0 Å². The SMILES string of the molecule is Cc1ccc(CNS(=O)(=O)[C@@H]2CCCN(C(=O)c3ccccc3)C2)cn1. The molecule has 1 N–H and O–H groups in total. The standard InChI is InChI=1S/C19H23N3O3S/c1-15-9-10-16(12-20-15)13-21-26(24,25)18-8-5-11-22(14-18)19(23)17-6-3-2-4-7-17/h2-4,6-7,9-10,12,18,21H,5,8,11,13-14H2,1H3/t18-/m1/s1. The number of rotatable bonds is 5. The Bertz CT molecular complexity index is 851. The first-order chi connectivity index (χ1) is 12.5. The van der Waals surface area contributed by atoms with Crippen molar-refractivity contribution in [2.24, 2.45) is 0 Å². The summed E-state index contributed by atoms with van der Waals surface area (Å²) in [6.45, 7) is 2.89. The summed E-state index contributed by atoms with van der Waals surface area (Å²) in [6.07, 6.45) is 2.90. The van der Waals surface area contributed by atoms with Crippen LogP contribution in [0.5, 0.6) is 0 Å². The van der Waals surface area contributed by atoms with Crippen molar-refractivity contribution in [1.82, 2.24) is 14.6 Å². The lowest BCUT2D eigenvalue weighted by Crippen LogP contribution is -2.48. The molecule has 7 heteroatoms. The van der Waals surface area contributed by atoms with Crippen LogP contribution in [0.2, 0.25) is 0 Å². The second-order valence-corrected chi connectivity index (χ2v) is 8.60. The quantitative estimate of drug-likeness (QED) is 0.871. The average Bonchev–Trinajstić information content (AvgIpc) is 2.68. The molecule has 0 aliphatic carbocycles. The van der Waals surface area contributed by atoms with Crippen LogP contribution >= 0.6 is 0 Å². The van der Waals surface area contributed by atoms with Crippen LogP contribution in [0.1, 0.15) is 34.5 Å². The van der Waals surface area contributed by atoms with Crippen molar-refractivity contribution in [1.29, 1.82) is 0 Å². The molecule has 0 unspecified atom stereocenters.